The van der Waals surface area contributed by atoms with E-state index in [1.807, 2.05) is 6.07 Å². The molecule has 112 valence electrons. The summed E-state index contributed by atoms with van der Waals surface area (Å²) in [4.78, 5) is 13.2. The predicted octanol–water partition coefficient (Wildman–Crippen LogP) is 4.63. The van der Waals surface area contributed by atoms with Gasteiger partial charge in [-0.05, 0) is 36.2 Å². The highest BCUT2D eigenvalue weighted by molar-refractivity contribution is 7.86. The number of hydrogen-bond donors (Lipinski definition) is 1. The third-order valence-corrected chi connectivity index (χ3v) is 6.02. The Hall–Kier alpha value is -0.880. The van der Waals surface area contributed by atoms with E-state index in [2.05, 4.69) is 18.6 Å². The van der Waals surface area contributed by atoms with Crippen LogP contribution in [0.3, 0.4) is 0 Å². The lowest BCUT2D eigenvalue weighted by Crippen LogP contribution is -2.25. The van der Waals surface area contributed by atoms with Crippen LogP contribution in [-0.2, 0) is 11.0 Å². The Morgan fingerprint density at radius 1 is 1.24 bits per heavy atom. The number of nitrogens with one attached hydrogen (secondary N) is 1. The molecule has 1 heterocycles. The molecule has 0 saturated carbocycles. The maximum atomic E-state index is 12.2. The van der Waals surface area contributed by atoms with E-state index < -0.39 is 16.9 Å². The van der Waals surface area contributed by atoms with Crippen LogP contribution < -0.4 is 4.72 Å². The smallest absolute Gasteiger partial charge is 0.264 e. The minimum absolute atomic E-state index is 0.228. The fraction of sp³-hybridized carbons (Fsp3) is 0.214. The maximum absolute atomic E-state index is 12.2. The second kappa shape index (κ2) is 6.92. The minimum atomic E-state index is -1.60. The van der Waals surface area contributed by atoms with Crippen LogP contribution >= 0.6 is 34.5 Å². The topological polar surface area (TPSA) is 46.2 Å². The Bertz CT molecular complexity index is 698. The lowest BCUT2D eigenvalue weighted by atomic mass is 10.2. The predicted molar refractivity (Wildman–Crippen MR) is 88.7 cm³/mol. The van der Waals surface area contributed by atoms with Crippen molar-refractivity contribution in [1.29, 1.82) is 0 Å². The number of halogens is 2. The van der Waals surface area contributed by atoms with Gasteiger partial charge in [-0.2, -0.15) is 0 Å². The van der Waals surface area contributed by atoms with Gasteiger partial charge in [-0.3, -0.25) is 9.52 Å². The molecule has 1 unspecified atom stereocenters. The Kier molecular flexibility index (Phi) is 5.43. The molecule has 0 radical (unpaired) electrons. The highest BCUT2D eigenvalue weighted by Gasteiger charge is 2.16. The first-order valence-corrected chi connectivity index (χ1v) is 8.88. The molecule has 2 aromatic rings. The van der Waals surface area contributed by atoms with Crippen molar-refractivity contribution in [1.82, 2.24) is 4.72 Å². The van der Waals surface area contributed by atoms with Gasteiger partial charge in [-0.25, -0.2) is 4.21 Å². The van der Waals surface area contributed by atoms with Crippen molar-refractivity contribution < 1.29 is 9.00 Å². The van der Waals surface area contributed by atoms with Gasteiger partial charge in [0.25, 0.3) is 5.91 Å². The summed E-state index contributed by atoms with van der Waals surface area (Å²) in [6.07, 6.45) is 0. The summed E-state index contributed by atoms with van der Waals surface area (Å²) < 4.78 is 15.2. The molecule has 3 nitrogen and oxygen atoms in total. The molecule has 7 heteroatoms. The SMILES string of the molecule is CC(C)c1ccc(S(=O)NC(=O)c2ccc(Cl)cc2Cl)s1. The zero-order valence-corrected chi connectivity index (χ0v) is 14.5. The number of rotatable bonds is 4. The molecule has 0 aliphatic heterocycles. The van der Waals surface area contributed by atoms with Gasteiger partial charge in [0.1, 0.15) is 4.21 Å². The fourth-order valence-corrected chi connectivity index (χ4v) is 4.13. The highest BCUT2D eigenvalue weighted by atomic mass is 35.5. The molecule has 1 amide bonds. The zero-order chi connectivity index (χ0) is 15.6. The van der Waals surface area contributed by atoms with E-state index >= 15 is 0 Å². The summed E-state index contributed by atoms with van der Waals surface area (Å²) in [5, 5.41) is 0.670. The number of hydrogen-bond acceptors (Lipinski definition) is 3. The van der Waals surface area contributed by atoms with Crippen molar-refractivity contribution >= 4 is 51.4 Å². The van der Waals surface area contributed by atoms with E-state index in [1.54, 1.807) is 12.1 Å². The summed E-state index contributed by atoms with van der Waals surface area (Å²) >= 11 is 13.2. The first-order valence-electron chi connectivity index (χ1n) is 6.16. The molecule has 1 N–H and O–H groups in total. The van der Waals surface area contributed by atoms with Gasteiger partial charge in [-0.1, -0.05) is 37.0 Å². The third-order valence-electron chi connectivity index (χ3n) is 2.72. The fourth-order valence-electron chi connectivity index (χ4n) is 1.61. The number of amides is 1. The summed E-state index contributed by atoms with van der Waals surface area (Å²) in [5.41, 5.74) is 0.245. The molecule has 1 aromatic carbocycles. The van der Waals surface area contributed by atoms with Gasteiger partial charge in [0.2, 0.25) is 0 Å². The number of thiophene rings is 1. The normalized spacial score (nSPS) is 12.4. The molecule has 0 aliphatic rings. The average Bonchev–Trinajstić information content (AvgIpc) is 2.88. The van der Waals surface area contributed by atoms with Crippen molar-refractivity contribution in [3.63, 3.8) is 0 Å². The molecule has 0 bridgehead atoms. The lowest BCUT2D eigenvalue weighted by Gasteiger charge is -2.05. The van der Waals surface area contributed by atoms with E-state index in [1.165, 1.54) is 23.5 Å². The zero-order valence-electron chi connectivity index (χ0n) is 11.4. The minimum Gasteiger partial charge on any atom is -0.268 e. The lowest BCUT2D eigenvalue weighted by molar-refractivity contribution is 0.0983. The first-order chi connectivity index (χ1) is 9.88. The van der Waals surface area contributed by atoms with Crippen LogP contribution in [0.1, 0.15) is 35.0 Å². The van der Waals surface area contributed by atoms with E-state index in [9.17, 15) is 9.00 Å². The largest absolute Gasteiger partial charge is 0.268 e. The molecular weight excluding hydrogens is 349 g/mol. The van der Waals surface area contributed by atoms with Crippen LogP contribution in [0.25, 0.3) is 0 Å². The summed E-state index contributed by atoms with van der Waals surface area (Å²) in [7, 11) is -1.60. The van der Waals surface area contributed by atoms with Crippen LogP contribution in [-0.4, -0.2) is 10.1 Å². The molecule has 0 saturated heterocycles. The van der Waals surface area contributed by atoms with Gasteiger partial charge in [0, 0.05) is 9.90 Å². The van der Waals surface area contributed by atoms with Crippen LogP contribution in [0.4, 0.5) is 0 Å². The second-order valence-electron chi connectivity index (χ2n) is 4.64. The Balaban J connectivity index is 2.13. The summed E-state index contributed by atoms with van der Waals surface area (Å²) in [6, 6.07) is 8.23. The van der Waals surface area contributed by atoms with Crippen molar-refractivity contribution in [2.45, 2.75) is 24.0 Å². The quantitative estimate of drug-likeness (QED) is 0.862. The van der Waals surface area contributed by atoms with Gasteiger partial charge in [0.05, 0.1) is 10.6 Å². The average molecular weight is 362 g/mol. The van der Waals surface area contributed by atoms with Gasteiger partial charge >= 0.3 is 0 Å². The Labute approximate surface area is 139 Å². The monoisotopic (exact) mass is 361 g/mol. The summed E-state index contributed by atoms with van der Waals surface area (Å²) in [5.74, 6) is -0.128. The molecular formula is C14H13Cl2NO2S2. The van der Waals surface area contributed by atoms with Gasteiger partial charge < -0.3 is 0 Å². The van der Waals surface area contributed by atoms with Gasteiger partial charge in [0.15, 0.2) is 11.0 Å². The van der Waals surface area contributed by atoms with E-state index in [-0.39, 0.29) is 10.6 Å². The molecule has 1 atom stereocenters. The molecule has 1 aromatic heterocycles. The third kappa shape index (κ3) is 4.07. The molecule has 2 rings (SSSR count). The van der Waals surface area contributed by atoms with Crippen LogP contribution in [0.5, 0.6) is 0 Å². The Morgan fingerprint density at radius 2 is 1.95 bits per heavy atom. The maximum Gasteiger partial charge on any atom is 0.264 e. The standard InChI is InChI=1S/C14H13Cl2NO2S2/c1-8(2)12-5-6-13(20-12)21(19)17-14(18)10-4-3-9(15)7-11(10)16/h3-8H,1-2H3,(H,17,18). The highest BCUT2D eigenvalue weighted by Crippen LogP contribution is 2.26. The molecule has 0 spiro atoms. The number of benzene rings is 1. The second-order valence-corrected chi connectivity index (χ2v) is 8.03. The van der Waals surface area contributed by atoms with E-state index in [0.29, 0.717) is 15.1 Å². The summed E-state index contributed by atoms with van der Waals surface area (Å²) in [6.45, 7) is 4.12. The van der Waals surface area contributed by atoms with Gasteiger partial charge in [-0.15, -0.1) is 11.3 Å². The van der Waals surface area contributed by atoms with Crippen LogP contribution in [0.2, 0.25) is 10.0 Å². The van der Waals surface area contributed by atoms with Crippen molar-refractivity contribution in [2.24, 2.45) is 0 Å². The number of carbonyl (C=O) groups excluding carboxylic acids is 1. The Morgan fingerprint density at radius 3 is 2.52 bits per heavy atom. The molecule has 0 fully saturated rings. The van der Waals surface area contributed by atoms with E-state index in [4.69, 9.17) is 23.2 Å². The molecule has 0 aliphatic carbocycles. The van der Waals surface area contributed by atoms with Crippen molar-refractivity contribution in [3.8, 4) is 0 Å². The number of carbonyl (C=O) groups is 1. The van der Waals surface area contributed by atoms with E-state index in [0.717, 1.165) is 4.88 Å². The van der Waals surface area contributed by atoms with Crippen LogP contribution in [0.15, 0.2) is 34.5 Å². The first kappa shape index (κ1) is 16.5. The molecule has 21 heavy (non-hydrogen) atoms. The van der Waals surface area contributed by atoms with Crippen molar-refractivity contribution in [3.05, 3.63) is 50.8 Å². The van der Waals surface area contributed by atoms with Crippen LogP contribution in [0, 0.1) is 0 Å². The van der Waals surface area contributed by atoms with Crippen molar-refractivity contribution in [2.75, 3.05) is 0 Å².